The quantitative estimate of drug-likeness (QED) is 0.402. The molecule has 1 aliphatic heterocycles. The molecule has 6 N–H and O–H groups in total. The van der Waals surface area contributed by atoms with E-state index < -0.39 is 0 Å². The number of hydrogen-bond acceptors (Lipinski definition) is 5. The standard InChI is InChI=1S/C13H28N4OS/c1-13(2,16-3)17-11(18)7-5-4-6-10-12(15)9(14)8-19-10/h9-10,12,16H,4-8,14-15H2,1-3H3,(H,17,18). The van der Waals surface area contributed by atoms with Crippen LogP contribution in [-0.2, 0) is 4.79 Å². The van der Waals surface area contributed by atoms with Crippen LogP contribution in [0.25, 0.3) is 0 Å². The molecular weight excluding hydrogens is 260 g/mol. The highest BCUT2D eigenvalue weighted by Crippen LogP contribution is 2.28. The first-order chi connectivity index (χ1) is 8.85. The average Bonchev–Trinajstić information content (AvgIpc) is 2.65. The van der Waals surface area contributed by atoms with Crippen LogP contribution in [0.4, 0.5) is 0 Å². The topological polar surface area (TPSA) is 93.2 Å². The first-order valence-corrected chi connectivity index (χ1v) is 8.03. The molecule has 112 valence electrons. The van der Waals surface area contributed by atoms with Crippen molar-refractivity contribution < 1.29 is 4.79 Å². The van der Waals surface area contributed by atoms with Crippen molar-refractivity contribution in [1.29, 1.82) is 0 Å². The number of unbranched alkanes of at least 4 members (excludes halogenated alkanes) is 1. The van der Waals surface area contributed by atoms with Crippen LogP contribution in [0, 0.1) is 0 Å². The fourth-order valence-corrected chi connectivity index (χ4v) is 3.56. The third-order valence-electron chi connectivity index (χ3n) is 3.65. The van der Waals surface area contributed by atoms with E-state index in [0.29, 0.717) is 11.7 Å². The second-order valence-corrected chi connectivity index (χ2v) is 7.05. The molecule has 1 heterocycles. The average molecular weight is 288 g/mol. The Hall–Kier alpha value is -0.300. The zero-order valence-electron chi connectivity index (χ0n) is 12.2. The Balaban J connectivity index is 2.12. The first-order valence-electron chi connectivity index (χ1n) is 6.98. The van der Waals surface area contributed by atoms with Crippen LogP contribution >= 0.6 is 11.8 Å². The van der Waals surface area contributed by atoms with Gasteiger partial charge in [0.2, 0.25) is 5.91 Å². The lowest BCUT2D eigenvalue weighted by Crippen LogP contribution is -2.52. The van der Waals surface area contributed by atoms with Crippen molar-refractivity contribution >= 4 is 17.7 Å². The molecule has 1 fully saturated rings. The first kappa shape index (κ1) is 16.8. The zero-order valence-corrected chi connectivity index (χ0v) is 13.1. The molecular formula is C13H28N4OS. The van der Waals surface area contributed by atoms with E-state index in [0.717, 1.165) is 25.0 Å². The van der Waals surface area contributed by atoms with Gasteiger partial charge in [0.1, 0.15) is 0 Å². The number of carbonyl (C=O) groups excluding carboxylic acids is 1. The SMILES string of the molecule is CNC(C)(C)NC(=O)CCCCC1SCC(N)C1N. The van der Waals surface area contributed by atoms with Crippen LogP contribution in [0.3, 0.4) is 0 Å². The van der Waals surface area contributed by atoms with Gasteiger partial charge in [-0.25, -0.2) is 0 Å². The van der Waals surface area contributed by atoms with Crippen LogP contribution in [0.1, 0.15) is 39.5 Å². The summed E-state index contributed by atoms with van der Waals surface area (Å²) in [4.78, 5) is 11.7. The molecule has 1 amide bonds. The van der Waals surface area contributed by atoms with Crippen LogP contribution in [0.15, 0.2) is 0 Å². The Morgan fingerprint density at radius 3 is 2.58 bits per heavy atom. The van der Waals surface area contributed by atoms with Gasteiger partial charge in [0.05, 0.1) is 5.66 Å². The monoisotopic (exact) mass is 288 g/mol. The van der Waals surface area contributed by atoms with E-state index in [1.807, 2.05) is 32.7 Å². The predicted molar refractivity (Wildman–Crippen MR) is 81.9 cm³/mol. The maximum Gasteiger partial charge on any atom is 0.221 e. The molecule has 3 atom stereocenters. The van der Waals surface area contributed by atoms with Gasteiger partial charge < -0.3 is 16.8 Å². The van der Waals surface area contributed by atoms with Crippen molar-refractivity contribution in [2.24, 2.45) is 11.5 Å². The summed E-state index contributed by atoms with van der Waals surface area (Å²) in [7, 11) is 1.84. The Kier molecular flexibility index (Phi) is 6.59. The third kappa shape index (κ3) is 5.69. The summed E-state index contributed by atoms with van der Waals surface area (Å²) in [5.74, 6) is 1.06. The largest absolute Gasteiger partial charge is 0.339 e. The van der Waals surface area contributed by atoms with E-state index in [1.54, 1.807) is 0 Å². The minimum Gasteiger partial charge on any atom is -0.339 e. The number of nitrogens with one attached hydrogen (secondary N) is 2. The summed E-state index contributed by atoms with van der Waals surface area (Å²) in [5.41, 5.74) is 11.6. The summed E-state index contributed by atoms with van der Waals surface area (Å²) in [6, 6.07) is 0.247. The molecule has 0 aliphatic carbocycles. The van der Waals surface area contributed by atoms with Gasteiger partial charge in [0.25, 0.3) is 0 Å². The summed E-state index contributed by atoms with van der Waals surface area (Å²) in [6.45, 7) is 3.89. The Morgan fingerprint density at radius 2 is 2.05 bits per heavy atom. The number of rotatable bonds is 7. The lowest BCUT2D eigenvalue weighted by molar-refractivity contribution is -0.123. The van der Waals surface area contributed by atoms with Crippen molar-refractivity contribution in [1.82, 2.24) is 10.6 Å². The highest BCUT2D eigenvalue weighted by molar-refractivity contribution is 8.00. The van der Waals surface area contributed by atoms with E-state index in [9.17, 15) is 4.79 Å². The molecule has 5 nitrogen and oxygen atoms in total. The molecule has 0 aromatic carbocycles. The molecule has 0 spiro atoms. The summed E-state index contributed by atoms with van der Waals surface area (Å²) in [6.07, 6.45) is 3.57. The number of thioether (sulfide) groups is 1. The van der Waals surface area contributed by atoms with Gasteiger partial charge in [-0.2, -0.15) is 11.8 Å². The Bertz CT molecular complexity index is 298. The van der Waals surface area contributed by atoms with E-state index in [-0.39, 0.29) is 23.7 Å². The van der Waals surface area contributed by atoms with E-state index in [4.69, 9.17) is 11.5 Å². The molecule has 19 heavy (non-hydrogen) atoms. The molecule has 3 unspecified atom stereocenters. The van der Waals surface area contributed by atoms with Crippen LogP contribution < -0.4 is 22.1 Å². The molecule has 1 saturated heterocycles. The smallest absolute Gasteiger partial charge is 0.221 e. The van der Waals surface area contributed by atoms with Gasteiger partial charge in [0.15, 0.2) is 0 Å². The lowest BCUT2D eigenvalue weighted by atomic mass is 10.0. The second-order valence-electron chi connectivity index (χ2n) is 5.78. The maximum atomic E-state index is 11.7. The number of amides is 1. The number of carbonyl (C=O) groups is 1. The molecule has 0 aromatic heterocycles. The fraction of sp³-hybridized carbons (Fsp3) is 0.923. The van der Waals surface area contributed by atoms with Crippen molar-refractivity contribution in [3.63, 3.8) is 0 Å². The summed E-state index contributed by atoms with van der Waals surface area (Å²) in [5, 5.41) is 6.47. The number of nitrogens with two attached hydrogens (primary N) is 2. The molecule has 0 saturated carbocycles. The summed E-state index contributed by atoms with van der Waals surface area (Å²) >= 11 is 1.87. The fourth-order valence-electron chi connectivity index (χ4n) is 2.11. The molecule has 0 aromatic rings. The lowest BCUT2D eigenvalue weighted by Gasteiger charge is -2.25. The maximum absolute atomic E-state index is 11.7. The van der Waals surface area contributed by atoms with Crippen molar-refractivity contribution in [2.75, 3.05) is 12.8 Å². The van der Waals surface area contributed by atoms with E-state index in [2.05, 4.69) is 10.6 Å². The van der Waals surface area contributed by atoms with Gasteiger partial charge in [0, 0.05) is 29.5 Å². The van der Waals surface area contributed by atoms with Gasteiger partial charge in [-0.1, -0.05) is 6.42 Å². The molecule has 6 heteroatoms. The normalized spacial score (nSPS) is 27.5. The highest BCUT2D eigenvalue weighted by Gasteiger charge is 2.30. The third-order valence-corrected chi connectivity index (χ3v) is 5.20. The van der Waals surface area contributed by atoms with Gasteiger partial charge in [-0.3, -0.25) is 10.1 Å². The Morgan fingerprint density at radius 1 is 1.37 bits per heavy atom. The van der Waals surface area contributed by atoms with E-state index >= 15 is 0 Å². The van der Waals surface area contributed by atoms with Gasteiger partial charge >= 0.3 is 0 Å². The van der Waals surface area contributed by atoms with Crippen LogP contribution in [0.2, 0.25) is 0 Å². The molecule has 1 aliphatic rings. The van der Waals surface area contributed by atoms with E-state index in [1.165, 1.54) is 0 Å². The molecule has 0 bridgehead atoms. The Labute approximate surface area is 120 Å². The minimum atomic E-state index is -0.340. The van der Waals surface area contributed by atoms with Crippen molar-refractivity contribution in [3.8, 4) is 0 Å². The molecule has 1 rings (SSSR count). The number of hydrogen-bond donors (Lipinski definition) is 4. The summed E-state index contributed by atoms with van der Waals surface area (Å²) < 4.78 is 0. The van der Waals surface area contributed by atoms with Crippen LogP contribution in [-0.4, -0.2) is 41.7 Å². The second kappa shape index (κ2) is 7.47. The molecule has 0 radical (unpaired) electrons. The minimum absolute atomic E-state index is 0.0967. The predicted octanol–water partition coefficient (Wildman–Crippen LogP) is 0.389. The highest BCUT2D eigenvalue weighted by atomic mass is 32.2. The van der Waals surface area contributed by atoms with Gasteiger partial charge in [-0.05, 0) is 33.7 Å². The van der Waals surface area contributed by atoms with Gasteiger partial charge in [-0.15, -0.1) is 0 Å². The van der Waals surface area contributed by atoms with Crippen molar-refractivity contribution in [2.45, 2.75) is 62.5 Å². The van der Waals surface area contributed by atoms with Crippen LogP contribution in [0.5, 0.6) is 0 Å². The zero-order chi connectivity index (χ0) is 14.5. The van der Waals surface area contributed by atoms with Crippen molar-refractivity contribution in [3.05, 3.63) is 0 Å².